The molecule has 1 aliphatic rings. The summed E-state index contributed by atoms with van der Waals surface area (Å²) < 4.78 is 7.78. The molecule has 1 heterocycles. The van der Waals surface area contributed by atoms with Crippen LogP contribution in [0.4, 0.5) is 0 Å². The van der Waals surface area contributed by atoms with E-state index in [1.165, 1.54) is 10.8 Å². The van der Waals surface area contributed by atoms with Crippen LogP contribution >= 0.6 is 0 Å². The lowest BCUT2D eigenvalue weighted by Gasteiger charge is -2.14. The first kappa shape index (κ1) is 17.1. The second-order valence-electron chi connectivity index (χ2n) is 6.15. The van der Waals surface area contributed by atoms with Crippen molar-refractivity contribution in [2.45, 2.75) is 38.1 Å². The van der Waals surface area contributed by atoms with Crippen LogP contribution in [0.15, 0.2) is 46.1 Å². The monoisotopic (exact) mass is 341 g/mol. The molecule has 0 aliphatic heterocycles. The highest BCUT2D eigenvalue weighted by Crippen LogP contribution is 2.33. The van der Waals surface area contributed by atoms with Gasteiger partial charge in [-0.05, 0) is 18.4 Å². The van der Waals surface area contributed by atoms with E-state index >= 15 is 0 Å². The van der Waals surface area contributed by atoms with Gasteiger partial charge in [-0.15, -0.1) is 0 Å². The van der Waals surface area contributed by atoms with Gasteiger partial charge in [0.2, 0.25) is 0 Å². The highest BCUT2D eigenvalue weighted by molar-refractivity contribution is 5.23. The molecule has 1 aromatic heterocycles. The standard InChI is InChI=1S/C18H19N3O4/c19-8-14-9-20(15-6-7-15)18(24)21(17(14)23)10-16(22)12-25-11-13-4-2-1-3-5-13/h1-5,9,15-16,22H,6-7,10-12H2. The van der Waals surface area contributed by atoms with Gasteiger partial charge in [0.15, 0.2) is 0 Å². The molecule has 1 unspecified atom stereocenters. The summed E-state index contributed by atoms with van der Waals surface area (Å²) in [5, 5.41) is 19.2. The zero-order valence-electron chi connectivity index (χ0n) is 13.7. The van der Waals surface area contributed by atoms with Crippen molar-refractivity contribution in [2.24, 2.45) is 0 Å². The Morgan fingerprint density at radius 1 is 1.28 bits per heavy atom. The molecule has 2 aromatic rings. The Bertz CT molecular complexity index is 891. The topological polar surface area (TPSA) is 97.2 Å². The number of benzene rings is 1. The van der Waals surface area contributed by atoms with Crippen LogP contribution in [-0.2, 0) is 17.9 Å². The molecule has 7 nitrogen and oxygen atoms in total. The first-order valence-electron chi connectivity index (χ1n) is 8.16. The van der Waals surface area contributed by atoms with Crippen molar-refractivity contribution >= 4 is 0 Å². The lowest BCUT2D eigenvalue weighted by molar-refractivity contribution is 0.0191. The fourth-order valence-electron chi connectivity index (χ4n) is 2.62. The molecule has 1 aliphatic carbocycles. The Balaban J connectivity index is 1.69. The minimum atomic E-state index is -1.02. The van der Waals surface area contributed by atoms with Gasteiger partial charge >= 0.3 is 5.69 Å². The highest BCUT2D eigenvalue weighted by Gasteiger charge is 2.27. The van der Waals surface area contributed by atoms with E-state index in [9.17, 15) is 14.7 Å². The second kappa shape index (κ2) is 7.47. The van der Waals surface area contributed by atoms with Crippen molar-refractivity contribution in [1.82, 2.24) is 9.13 Å². The third-order valence-electron chi connectivity index (χ3n) is 4.07. The Morgan fingerprint density at radius 2 is 2.00 bits per heavy atom. The normalized spacial score (nSPS) is 14.9. The van der Waals surface area contributed by atoms with E-state index in [4.69, 9.17) is 10.00 Å². The number of nitriles is 1. The van der Waals surface area contributed by atoms with Gasteiger partial charge in [-0.2, -0.15) is 5.26 Å². The van der Waals surface area contributed by atoms with Crippen molar-refractivity contribution in [3.05, 3.63) is 68.5 Å². The predicted octanol–water partition coefficient (Wildman–Crippen LogP) is 0.794. The first-order chi connectivity index (χ1) is 12.1. The number of rotatable bonds is 7. The van der Waals surface area contributed by atoms with Crippen molar-refractivity contribution in [3.8, 4) is 6.07 Å². The second-order valence-corrected chi connectivity index (χ2v) is 6.15. The lowest BCUT2D eigenvalue weighted by atomic mass is 10.2. The smallest absolute Gasteiger partial charge is 0.331 e. The van der Waals surface area contributed by atoms with Gasteiger partial charge in [0.1, 0.15) is 11.6 Å². The SMILES string of the molecule is N#Cc1cn(C2CC2)c(=O)n(CC(O)COCc2ccccc2)c1=O. The largest absolute Gasteiger partial charge is 0.389 e. The van der Waals surface area contributed by atoms with Crippen LogP contribution in [0.3, 0.4) is 0 Å². The van der Waals surface area contributed by atoms with E-state index in [0.717, 1.165) is 23.0 Å². The molecule has 0 spiro atoms. The quantitative estimate of drug-likeness (QED) is 0.803. The summed E-state index contributed by atoms with van der Waals surface area (Å²) in [6, 6.07) is 11.3. The number of ether oxygens (including phenoxy) is 1. The maximum Gasteiger partial charge on any atom is 0.331 e. The molecule has 1 aromatic carbocycles. The molecule has 3 rings (SSSR count). The number of aliphatic hydroxyl groups is 1. The molecule has 1 N–H and O–H groups in total. The van der Waals surface area contributed by atoms with Crippen molar-refractivity contribution in [1.29, 1.82) is 5.26 Å². The highest BCUT2D eigenvalue weighted by atomic mass is 16.5. The average Bonchev–Trinajstić information content (AvgIpc) is 3.45. The fourth-order valence-corrected chi connectivity index (χ4v) is 2.62. The predicted molar refractivity (Wildman–Crippen MR) is 90.1 cm³/mol. The van der Waals surface area contributed by atoms with Gasteiger partial charge < -0.3 is 9.84 Å². The van der Waals surface area contributed by atoms with Gasteiger partial charge in [0.05, 0.1) is 25.9 Å². The van der Waals surface area contributed by atoms with Crippen LogP contribution in [0.1, 0.15) is 30.0 Å². The van der Waals surface area contributed by atoms with Gasteiger partial charge in [-0.25, -0.2) is 4.79 Å². The van der Waals surface area contributed by atoms with Gasteiger partial charge in [0.25, 0.3) is 5.56 Å². The third kappa shape index (κ3) is 4.05. The maximum atomic E-state index is 12.4. The molecule has 1 saturated carbocycles. The van der Waals surface area contributed by atoms with E-state index in [1.54, 1.807) is 0 Å². The molecule has 0 bridgehead atoms. The molecule has 130 valence electrons. The minimum Gasteiger partial charge on any atom is -0.389 e. The number of hydrogen-bond acceptors (Lipinski definition) is 5. The van der Waals surface area contributed by atoms with Crippen molar-refractivity contribution < 1.29 is 9.84 Å². The molecule has 1 fully saturated rings. The van der Waals surface area contributed by atoms with Gasteiger partial charge in [-0.3, -0.25) is 13.9 Å². The third-order valence-corrected chi connectivity index (χ3v) is 4.07. The molecule has 7 heteroatoms. The molecule has 0 amide bonds. The zero-order valence-corrected chi connectivity index (χ0v) is 13.7. The lowest BCUT2D eigenvalue weighted by Crippen LogP contribution is -2.43. The Morgan fingerprint density at radius 3 is 2.64 bits per heavy atom. The Hall–Kier alpha value is -2.69. The number of nitrogens with zero attached hydrogens (tertiary/aromatic N) is 3. The first-order valence-corrected chi connectivity index (χ1v) is 8.16. The van der Waals surface area contributed by atoms with Crippen LogP contribution in [0.2, 0.25) is 0 Å². The maximum absolute atomic E-state index is 12.4. The summed E-state index contributed by atoms with van der Waals surface area (Å²) in [7, 11) is 0. The van der Waals surface area contributed by atoms with Gasteiger partial charge in [0, 0.05) is 12.2 Å². The Kier molecular flexibility index (Phi) is 5.12. The molecular weight excluding hydrogens is 322 g/mol. The van der Waals surface area contributed by atoms with Crippen LogP contribution in [0.5, 0.6) is 0 Å². The van der Waals surface area contributed by atoms with Crippen molar-refractivity contribution in [2.75, 3.05) is 6.61 Å². The molecule has 25 heavy (non-hydrogen) atoms. The van der Waals surface area contributed by atoms with E-state index in [2.05, 4.69) is 0 Å². The van der Waals surface area contributed by atoms with E-state index in [-0.39, 0.29) is 24.8 Å². The zero-order chi connectivity index (χ0) is 17.8. The van der Waals surface area contributed by atoms with E-state index < -0.39 is 17.4 Å². The summed E-state index contributed by atoms with van der Waals surface area (Å²) in [6.45, 7) is 0.118. The summed E-state index contributed by atoms with van der Waals surface area (Å²) >= 11 is 0. The molecule has 0 radical (unpaired) electrons. The summed E-state index contributed by atoms with van der Waals surface area (Å²) in [6.07, 6.45) is 2.00. The van der Waals surface area contributed by atoms with Crippen molar-refractivity contribution in [3.63, 3.8) is 0 Å². The molecular formula is C18H19N3O4. The van der Waals surface area contributed by atoms with Crippen LogP contribution in [-0.4, -0.2) is 27.0 Å². The number of aromatic nitrogens is 2. The summed E-state index contributed by atoms with van der Waals surface area (Å²) in [5.41, 5.74) is -0.293. The molecule has 1 atom stereocenters. The van der Waals surface area contributed by atoms with Crippen LogP contribution in [0, 0.1) is 11.3 Å². The number of aliphatic hydroxyl groups excluding tert-OH is 1. The van der Waals surface area contributed by atoms with E-state index in [0.29, 0.717) is 6.61 Å². The van der Waals surface area contributed by atoms with Gasteiger partial charge in [-0.1, -0.05) is 30.3 Å². The van der Waals surface area contributed by atoms with Crippen LogP contribution in [0.25, 0.3) is 0 Å². The van der Waals surface area contributed by atoms with E-state index in [1.807, 2.05) is 36.4 Å². The fraction of sp³-hybridized carbons (Fsp3) is 0.389. The number of hydrogen-bond donors (Lipinski definition) is 1. The molecule has 0 saturated heterocycles. The summed E-state index contributed by atoms with van der Waals surface area (Å²) in [4.78, 5) is 24.7. The van der Waals surface area contributed by atoms with Crippen LogP contribution < -0.4 is 11.2 Å². The Labute approximate surface area is 144 Å². The average molecular weight is 341 g/mol. The minimum absolute atomic E-state index is 0.0129. The summed E-state index contributed by atoms with van der Waals surface area (Å²) in [5.74, 6) is 0.